The first kappa shape index (κ1) is 11.3. The summed E-state index contributed by atoms with van der Waals surface area (Å²) < 4.78 is 5.01. The Morgan fingerprint density at radius 1 is 1.44 bits per heavy atom. The van der Waals surface area contributed by atoms with E-state index >= 15 is 0 Å². The first-order chi connectivity index (χ1) is 7.78. The minimum absolute atomic E-state index is 0.238. The number of anilines is 1. The molecule has 16 heavy (non-hydrogen) atoms. The zero-order valence-electron chi connectivity index (χ0n) is 9.02. The molecule has 0 amide bonds. The van der Waals surface area contributed by atoms with Gasteiger partial charge in [0.25, 0.3) is 0 Å². The number of aryl methyl sites for hydroxylation is 1. The zero-order chi connectivity index (χ0) is 11.4. The Morgan fingerprint density at radius 2 is 2.19 bits per heavy atom. The topological polar surface area (TPSA) is 79.5 Å². The van der Waals surface area contributed by atoms with Crippen LogP contribution < -0.4 is 16.6 Å². The normalized spacial score (nSPS) is 24.6. The molecule has 5 N–H and O–H groups in total. The number of aliphatic hydroxyl groups is 1. The molecule has 5 heteroatoms. The third-order valence-electron chi connectivity index (χ3n) is 2.74. The predicted octanol–water partition coefficient (Wildman–Crippen LogP) is 0.169. The Balaban J connectivity index is 1.80. The van der Waals surface area contributed by atoms with Crippen molar-refractivity contribution in [3.8, 4) is 0 Å². The van der Waals surface area contributed by atoms with Gasteiger partial charge in [0.2, 0.25) is 6.41 Å². The van der Waals surface area contributed by atoms with Crippen molar-refractivity contribution in [2.45, 2.75) is 25.3 Å². The van der Waals surface area contributed by atoms with Gasteiger partial charge in [-0.15, -0.1) is 0 Å². The molecule has 1 heterocycles. The van der Waals surface area contributed by atoms with Crippen LogP contribution in [-0.2, 0) is 11.2 Å². The molecular weight excluding hydrogens is 206 g/mol. The molecule has 0 saturated carbocycles. The van der Waals surface area contributed by atoms with Gasteiger partial charge < -0.3 is 15.3 Å². The van der Waals surface area contributed by atoms with Gasteiger partial charge in [-0.3, -0.25) is 11.2 Å². The van der Waals surface area contributed by atoms with Gasteiger partial charge in [-0.2, -0.15) is 0 Å². The van der Waals surface area contributed by atoms with Gasteiger partial charge in [0.1, 0.15) is 0 Å². The SMILES string of the molecule is NNc1ccc(CC[C@H]2COC(O)N2)cc1. The molecule has 1 aliphatic rings. The van der Waals surface area contributed by atoms with Crippen molar-refractivity contribution in [3.05, 3.63) is 29.8 Å². The number of ether oxygens (including phenoxy) is 1. The maximum absolute atomic E-state index is 9.11. The van der Waals surface area contributed by atoms with Crippen LogP contribution in [0.1, 0.15) is 12.0 Å². The molecule has 0 spiro atoms. The number of nitrogens with one attached hydrogen (secondary N) is 2. The Hall–Kier alpha value is -1.14. The number of nitrogens with two attached hydrogens (primary N) is 1. The smallest absolute Gasteiger partial charge is 0.213 e. The third kappa shape index (κ3) is 2.93. The number of aliphatic hydroxyl groups excluding tert-OH is 1. The quantitative estimate of drug-likeness (QED) is 0.432. The maximum atomic E-state index is 9.11. The molecule has 5 nitrogen and oxygen atoms in total. The summed E-state index contributed by atoms with van der Waals surface area (Å²) in [5, 5.41) is 12.1. The lowest BCUT2D eigenvalue weighted by atomic mass is 10.1. The number of nitrogen functional groups attached to an aromatic ring is 1. The van der Waals surface area contributed by atoms with Crippen molar-refractivity contribution in [1.82, 2.24) is 5.32 Å². The van der Waals surface area contributed by atoms with Gasteiger partial charge in [-0.1, -0.05) is 12.1 Å². The molecule has 0 bridgehead atoms. The highest BCUT2D eigenvalue weighted by Gasteiger charge is 2.21. The standard InChI is InChI=1S/C11H17N3O2/c12-14-9-4-1-8(2-5-9)3-6-10-7-16-11(15)13-10/h1-2,4-5,10-11,13-15H,3,6-7,12H2/t10-,11?/m0/s1. The van der Waals surface area contributed by atoms with Gasteiger partial charge in [-0.05, 0) is 30.5 Å². The van der Waals surface area contributed by atoms with Crippen molar-refractivity contribution in [2.75, 3.05) is 12.0 Å². The van der Waals surface area contributed by atoms with Crippen LogP contribution in [0.4, 0.5) is 5.69 Å². The van der Waals surface area contributed by atoms with E-state index in [9.17, 15) is 0 Å². The summed E-state index contributed by atoms with van der Waals surface area (Å²) in [4.78, 5) is 0. The highest BCUT2D eigenvalue weighted by molar-refractivity contribution is 5.43. The Bertz CT molecular complexity index is 329. The Labute approximate surface area is 94.6 Å². The second kappa shape index (κ2) is 5.27. The fraction of sp³-hybridized carbons (Fsp3) is 0.455. The lowest BCUT2D eigenvalue weighted by Crippen LogP contribution is -2.30. The van der Waals surface area contributed by atoms with Crippen LogP contribution in [0.25, 0.3) is 0 Å². The fourth-order valence-corrected chi connectivity index (χ4v) is 1.78. The van der Waals surface area contributed by atoms with Crippen molar-refractivity contribution < 1.29 is 9.84 Å². The van der Waals surface area contributed by atoms with E-state index in [-0.39, 0.29) is 6.04 Å². The minimum atomic E-state index is -0.797. The molecule has 0 aliphatic carbocycles. The van der Waals surface area contributed by atoms with Crippen LogP contribution in [0.15, 0.2) is 24.3 Å². The fourth-order valence-electron chi connectivity index (χ4n) is 1.78. The largest absolute Gasteiger partial charge is 0.356 e. The van der Waals surface area contributed by atoms with E-state index in [1.54, 1.807) is 0 Å². The van der Waals surface area contributed by atoms with Crippen molar-refractivity contribution in [2.24, 2.45) is 5.84 Å². The van der Waals surface area contributed by atoms with Gasteiger partial charge in [0.15, 0.2) is 0 Å². The van der Waals surface area contributed by atoms with E-state index in [1.807, 2.05) is 24.3 Å². The summed E-state index contributed by atoms with van der Waals surface area (Å²) in [7, 11) is 0. The number of hydrogen-bond donors (Lipinski definition) is 4. The average Bonchev–Trinajstić information content (AvgIpc) is 2.73. The predicted molar refractivity (Wildman–Crippen MR) is 61.5 cm³/mol. The molecule has 1 aromatic carbocycles. The molecule has 88 valence electrons. The molecule has 2 rings (SSSR count). The molecule has 0 aromatic heterocycles. The van der Waals surface area contributed by atoms with Crippen LogP contribution in [0.3, 0.4) is 0 Å². The highest BCUT2D eigenvalue weighted by atomic mass is 16.6. The van der Waals surface area contributed by atoms with Gasteiger partial charge in [0.05, 0.1) is 6.61 Å². The lowest BCUT2D eigenvalue weighted by molar-refractivity contribution is -0.0719. The summed E-state index contributed by atoms with van der Waals surface area (Å²) in [6.07, 6.45) is 1.11. The van der Waals surface area contributed by atoms with E-state index in [0.29, 0.717) is 6.61 Å². The highest BCUT2D eigenvalue weighted by Crippen LogP contribution is 2.12. The van der Waals surface area contributed by atoms with Crippen LogP contribution in [0.5, 0.6) is 0 Å². The van der Waals surface area contributed by atoms with Crippen molar-refractivity contribution >= 4 is 5.69 Å². The van der Waals surface area contributed by atoms with Gasteiger partial charge in [-0.25, -0.2) is 0 Å². The summed E-state index contributed by atoms with van der Waals surface area (Å²) >= 11 is 0. The molecule has 1 aliphatic heterocycles. The van der Waals surface area contributed by atoms with Crippen molar-refractivity contribution in [3.63, 3.8) is 0 Å². The molecule has 1 unspecified atom stereocenters. The molecule has 2 atom stereocenters. The van der Waals surface area contributed by atoms with Crippen LogP contribution in [-0.4, -0.2) is 24.2 Å². The molecular formula is C11H17N3O2. The maximum Gasteiger partial charge on any atom is 0.213 e. The molecule has 1 aromatic rings. The Morgan fingerprint density at radius 3 is 2.75 bits per heavy atom. The average molecular weight is 223 g/mol. The lowest BCUT2D eigenvalue weighted by Gasteiger charge is -2.09. The third-order valence-corrected chi connectivity index (χ3v) is 2.74. The first-order valence-electron chi connectivity index (χ1n) is 5.39. The molecule has 1 saturated heterocycles. The van der Waals surface area contributed by atoms with Crippen molar-refractivity contribution in [1.29, 1.82) is 0 Å². The number of benzene rings is 1. The number of hydrazine groups is 1. The van der Waals surface area contributed by atoms with E-state index in [4.69, 9.17) is 15.7 Å². The summed E-state index contributed by atoms with van der Waals surface area (Å²) in [6.45, 7) is 0.573. The van der Waals surface area contributed by atoms with E-state index < -0.39 is 6.41 Å². The molecule has 1 fully saturated rings. The summed E-state index contributed by atoms with van der Waals surface area (Å²) in [6, 6.07) is 8.22. The number of rotatable bonds is 4. The van der Waals surface area contributed by atoms with E-state index in [1.165, 1.54) is 5.56 Å². The monoisotopic (exact) mass is 223 g/mol. The second-order valence-electron chi connectivity index (χ2n) is 3.93. The Kier molecular flexibility index (Phi) is 3.74. The van der Waals surface area contributed by atoms with Crippen LogP contribution >= 0.6 is 0 Å². The molecule has 0 radical (unpaired) electrons. The minimum Gasteiger partial charge on any atom is -0.356 e. The van der Waals surface area contributed by atoms with Crippen LogP contribution in [0.2, 0.25) is 0 Å². The first-order valence-corrected chi connectivity index (χ1v) is 5.39. The van der Waals surface area contributed by atoms with E-state index in [2.05, 4.69) is 10.7 Å². The second-order valence-corrected chi connectivity index (χ2v) is 3.93. The number of hydrogen-bond acceptors (Lipinski definition) is 5. The van der Waals surface area contributed by atoms with E-state index in [0.717, 1.165) is 18.5 Å². The zero-order valence-corrected chi connectivity index (χ0v) is 9.02. The summed E-state index contributed by atoms with van der Waals surface area (Å²) in [5.41, 5.74) is 4.75. The van der Waals surface area contributed by atoms with Gasteiger partial charge >= 0.3 is 0 Å². The summed E-state index contributed by atoms with van der Waals surface area (Å²) in [5.74, 6) is 5.28. The van der Waals surface area contributed by atoms with Gasteiger partial charge in [0, 0.05) is 11.7 Å². The van der Waals surface area contributed by atoms with Crippen LogP contribution in [0, 0.1) is 0 Å².